The predicted octanol–water partition coefficient (Wildman–Crippen LogP) is 2.73. The summed E-state index contributed by atoms with van der Waals surface area (Å²) in [6, 6.07) is 14.7. The van der Waals surface area contributed by atoms with E-state index < -0.39 is 6.04 Å². The molecule has 1 atom stereocenters. The standard InChI is InChI=1S/C23H26N4O3S/c1-17-14-19(30-25-17)16-26-9-11-27(12-10-26)23(29)20(15-18-6-3-2-4-7-18)24-22(28)21-8-5-13-31-21/h2-8,13-14,20H,9-12,15-16H2,1H3,(H,24,28). The summed E-state index contributed by atoms with van der Waals surface area (Å²) >= 11 is 1.37. The third-order valence-electron chi connectivity index (χ3n) is 5.37. The molecule has 1 fully saturated rings. The van der Waals surface area contributed by atoms with Gasteiger partial charge in [0, 0.05) is 38.7 Å². The highest BCUT2D eigenvalue weighted by molar-refractivity contribution is 7.12. The molecular weight excluding hydrogens is 412 g/mol. The number of nitrogens with zero attached hydrogens (tertiary/aromatic N) is 3. The van der Waals surface area contributed by atoms with Crippen molar-refractivity contribution in [1.82, 2.24) is 20.3 Å². The minimum Gasteiger partial charge on any atom is -0.360 e. The van der Waals surface area contributed by atoms with Gasteiger partial charge in [-0.15, -0.1) is 11.3 Å². The zero-order valence-corrected chi connectivity index (χ0v) is 18.3. The summed E-state index contributed by atoms with van der Waals surface area (Å²) in [7, 11) is 0. The van der Waals surface area contributed by atoms with Crippen molar-refractivity contribution in [2.45, 2.75) is 25.9 Å². The summed E-state index contributed by atoms with van der Waals surface area (Å²) in [6.07, 6.45) is 0.467. The number of aryl methyl sites for hydroxylation is 1. The fourth-order valence-electron chi connectivity index (χ4n) is 3.74. The number of aromatic nitrogens is 1. The van der Waals surface area contributed by atoms with Crippen molar-refractivity contribution in [2.75, 3.05) is 26.2 Å². The number of amides is 2. The van der Waals surface area contributed by atoms with E-state index in [-0.39, 0.29) is 11.8 Å². The van der Waals surface area contributed by atoms with Crippen LogP contribution in [0.1, 0.15) is 26.7 Å². The van der Waals surface area contributed by atoms with Crippen molar-refractivity contribution < 1.29 is 14.1 Å². The lowest BCUT2D eigenvalue weighted by atomic mass is 10.0. The summed E-state index contributed by atoms with van der Waals surface area (Å²) in [5.41, 5.74) is 1.89. The Balaban J connectivity index is 1.39. The minimum atomic E-state index is -0.597. The Morgan fingerprint density at radius 1 is 1.13 bits per heavy atom. The van der Waals surface area contributed by atoms with E-state index in [1.54, 1.807) is 6.07 Å². The maximum absolute atomic E-state index is 13.3. The molecule has 1 saturated heterocycles. The summed E-state index contributed by atoms with van der Waals surface area (Å²) in [6.45, 7) is 5.33. The van der Waals surface area contributed by atoms with Crippen LogP contribution in [0.5, 0.6) is 0 Å². The van der Waals surface area contributed by atoms with E-state index in [1.807, 2.05) is 59.7 Å². The van der Waals surface area contributed by atoms with Gasteiger partial charge in [0.1, 0.15) is 6.04 Å². The van der Waals surface area contributed by atoms with Gasteiger partial charge in [0.25, 0.3) is 5.91 Å². The highest BCUT2D eigenvalue weighted by atomic mass is 32.1. The van der Waals surface area contributed by atoms with Crippen LogP contribution in [0.3, 0.4) is 0 Å². The maximum atomic E-state index is 13.3. The lowest BCUT2D eigenvalue weighted by Gasteiger charge is -2.36. The van der Waals surface area contributed by atoms with Gasteiger partial charge >= 0.3 is 0 Å². The number of benzene rings is 1. The van der Waals surface area contributed by atoms with E-state index in [0.717, 1.165) is 30.1 Å². The Hall–Kier alpha value is -2.97. The smallest absolute Gasteiger partial charge is 0.262 e. The zero-order valence-electron chi connectivity index (χ0n) is 17.5. The van der Waals surface area contributed by atoms with Gasteiger partial charge in [0.2, 0.25) is 5.91 Å². The molecule has 1 aliphatic rings. The van der Waals surface area contributed by atoms with Gasteiger partial charge in [-0.05, 0) is 23.9 Å². The van der Waals surface area contributed by atoms with Crippen LogP contribution in [-0.2, 0) is 17.8 Å². The van der Waals surface area contributed by atoms with Crippen molar-refractivity contribution in [1.29, 1.82) is 0 Å². The summed E-state index contributed by atoms with van der Waals surface area (Å²) < 4.78 is 5.31. The molecule has 1 N–H and O–H groups in total. The second-order valence-corrected chi connectivity index (χ2v) is 8.68. The molecule has 0 aliphatic carbocycles. The lowest BCUT2D eigenvalue weighted by Crippen LogP contribution is -2.55. The van der Waals surface area contributed by atoms with E-state index >= 15 is 0 Å². The van der Waals surface area contributed by atoms with Crippen LogP contribution < -0.4 is 5.32 Å². The third kappa shape index (κ3) is 5.59. The molecule has 1 unspecified atom stereocenters. The Morgan fingerprint density at radius 2 is 1.90 bits per heavy atom. The van der Waals surface area contributed by atoms with Gasteiger partial charge in [-0.25, -0.2) is 0 Å². The molecule has 0 bridgehead atoms. The molecular formula is C23H26N4O3S. The molecule has 2 aromatic heterocycles. The Morgan fingerprint density at radius 3 is 2.55 bits per heavy atom. The molecule has 0 saturated carbocycles. The molecule has 1 aromatic carbocycles. The van der Waals surface area contributed by atoms with Gasteiger partial charge < -0.3 is 14.7 Å². The van der Waals surface area contributed by atoms with Crippen LogP contribution in [0.4, 0.5) is 0 Å². The van der Waals surface area contributed by atoms with E-state index in [9.17, 15) is 9.59 Å². The maximum Gasteiger partial charge on any atom is 0.262 e. The number of piperazine rings is 1. The number of nitrogens with one attached hydrogen (secondary N) is 1. The second-order valence-electron chi connectivity index (χ2n) is 7.73. The van der Waals surface area contributed by atoms with Crippen LogP contribution in [0.25, 0.3) is 0 Å². The highest BCUT2D eigenvalue weighted by Crippen LogP contribution is 2.14. The number of rotatable bonds is 7. The summed E-state index contributed by atoms with van der Waals surface area (Å²) in [4.78, 5) is 30.7. The van der Waals surface area contributed by atoms with Crippen LogP contribution >= 0.6 is 11.3 Å². The number of thiophene rings is 1. The Labute approximate surface area is 185 Å². The second kappa shape index (κ2) is 9.89. The van der Waals surface area contributed by atoms with Crippen molar-refractivity contribution in [3.63, 3.8) is 0 Å². The van der Waals surface area contributed by atoms with Crippen LogP contribution in [-0.4, -0.2) is 59.0 Å². The van der Waals surface area contributed by atoms with Gasteiger partial charge in [0.15, 0.2) is 5.76 Å². The molecule has 4 rings (SSSR count). The molecule has 1 aliphatic heterocycles. The van der Waals surface area contributed by atoms with Gasteiger partial charge in [-0.2, -0.15) is 0 Å². The molecule has 0 spiro atoms. The fourth-order valence-corrected chi connectivity index (χ4v) is 4.37. The van der Waals surface area contributed by atoms with E-state index in [0.29, 0.717) is 30.9 Å². The summed E-state index contributed by atoms with van der Waals surface area (Å²) in [5, 5.41) is 8.75. The van der Waals surface area contributed by atoms with Gasteiger partial charge in [0.05, 0.1) is 17.1 Å². The van der Waals surface area contributed by atoms with E-state index in [1.165, 1.54) is 11.3 Å². The van der Waals surface area contributed by atoms with Crippen LogP contribution in [0.15, 0.2) is 58.4 Å². The topological polar surface area (TPSA) is 78.7 Å². The molecule has 3 heterocycles. The van der Waals surface area contributed by atoms with Crippen LogP contribution in [0, 0.1) is 6.92 Å². The van der Waals surface area contributed by atoms with Crippen molar-refractivity contribution in [2.24, 2.45) is 0 Å². The van der Waals surface area contributed by atoms with Crippen molar-refractivity contribution in [3.8, 4) is 0 Å². The minimum absolute atomic E-state index is 0.0380. The molecule has 162 valence electrons. The molecule has 0 radical (unpaired) electrons. The normalized spacial score (nSPS) is 15.6. The van der Waals surface area contributed by atoms with Gasteiger partial charge in [-0.3, -0.25) is 14.5 Å². The average Bonchev–Trinajstić information content (AvgIpc) is 3.46. The Kier molecular flexibility index (Phi) is 6.79. The predicted molar refractivity (Wildman–Crippen MR) is 119 cm³/mol. The molecule has 8 heteroatoms. The lowest BCUT2D eigenvalue weighted by molar-refractivity contribution is -0.135. The SMILES string of the molecule is Cc1cc(CN2CCN(C(=O)C(Cc3ccccc3)NC(=O)c3cccs3)CC2)on1. The molecule has 2 amide bonds. The highest BCUT2D eigenvalue weighted by Gasteiger charge is 2.29. The van der Waals surface area contributed by atoms with Crippen LogP contribution in [0.2, 0.25) is 0 Å². The third-order valence-corrected chi connectivity index (χ3v) is 6.24. The largest absolute Gasteiger partial charge is 0.360 e. The Bertz CT molecular complexity index is 995. The first kappa shape index (κ1) is 21.3. The van der Waals surface area contributed by atoms with Crippen molar-refractivity contribution >= 4 is 23.2 Å². The van der Waals surface area contributed by atoms with E-state index in [2.05, 4.69) is 15.4 Å². The number of carbonyl (C=O) groups excluding carboxylic acids is 2. The first-order valence-corrected chi connectivity index (χ1v) is 11.3. The number of hydrogen-bond donors (Lipinski definition) is 1. The quantitative estimate of drug-likeness (QED) is 0.614. The number of carbonyl (C=O) groups is 2. The average molecular weight is 439 g/mol. The molecule has 7 nitrogen and oxygen atoms in total. The molecule has 3 aromatic rings. The summed E-state index contributed by atoms with van der Waals surface area (Å²) in [5.74, 6) is 0.593. The van der Waals surface area contributed by atoms with Gasteiger partial charge in [-0.1, -0.05) is 41.6 Å². The fraction of sp³-hybridized carbons (Fsp3) is 0.348. The monoisotopic (exact) mass is 438 g/mol. The zero-order chi connectivity index (χ0) is 21.6. The van der Waals surface area contributed by atoms with Crippen molar-refractivity contribution in [3.05, 3.63) is 75.8 Å². The van der Waals surface area contributed by atoms with E-state index in [4.69, 9.17) is 4.52 Å². The first-order valence-electron chi connectivity index (χ1n) is 10.4. The molecule has 31 heavy (non-hydrogen) atoms. The number of hydrogen-bond acceptors (Lipinski definition) is 6. The first-order chi connectivity index (χ1) is 15.1.